The molecule has 1 amide bonds. The number of carbonyl (C=O) groups is 2. The normalized spacial score (nSPS) is 16.2. The minimum absolute atomic E-state index is 0.132. The Labute approximate surface area is 148 Å². The number of aliphatic carboxylic acids is 1. The molecule has 2 rings (SSSR count). The number of carbonyl (C=O) groups excluding carboxylic acids is 1. The number of sulfonamides is 1. The summed E-state index contributed by atoms with van der Waals surface area (Å²) in [6.07, 6.45) is 0.586. The van der Waals surface area contributed by atoms with Gasteiger partial charge in [0.1, 0.15) is 6.54 Å². The van der Waals surface area contributed by atoms with Gasteiger partial charge in [-0.2, -0.15) is 0 Å². The van der Waals surface area contributed by atoms with E-state index in [1.54, 1.807) is 25.1 Å². The van der Waals surface area contributed by atoms with Gasteiger partial charge in [0.05, 0.1) is 11.4 Å². The maximum absolute atomic E-state index is 12.7. The monoisotopic (exact) mass is 368 g/mol. The van der Waals surface area contributed by atoms with Crippen LogP contribution in [0, 0.1) is 12.8 Å². The van der Waals surface area contributed by atoms with E-state index >= 15 is 0 Å². The van der Waals surface area contributed by atoms with Gasteiger partial charge in [-0.15, -0.1) is 0 Å². The number of anilines is 1. The van der Waals surface area contributed by atoms with E-state index in [9.17, 15) is 18.0 Å². The van der Waals surface area contributed by atoms with Crippen molar-refractivity contribution in [2.24, 2.45) is 5.92 Å². The molecule has 1 aliphatic rings. The van der Waals surface area contributed by atoms with Crippen molar-refractivity contribution in [3.63, 3.8) is 0 Å². The number of nitrogens with zero attached hydrogens (tertiary/aromatic N) is 2. The molecule has 0 aliphatic carbocycles. The number of aryl methyl sites for hydroxylation is 1. The van der Waals surface area contributed by atoms with Crippen molar-refractivity contribution >= 4 is 27.6 Å². The molecule has 0 atom stereocenters. The minimum atomic E-state index is -3.28. The summed E-state index contributed by atoms with van der Waals surface area (Å²) in [6.45, 7) is 5.97. The van der Waals surface area contributed by atoms with Gasteiger partial charge in [0, 0.05) is 18.7 Å². The van der Waals surface area contributed by atoms with Crippen LogP contribution in [0.4, 0.5) is 5.69 Å². The number of hydrogen-bond acceptors (Lipinski definition) is 4. The van der Waals surface area contributed by atoms with Crippen LogP contribution in [0.1, 0.15) is 36.2 Å². The summed E-state index contributed by atoms with van der Waals surface area (Å²) < 4.78 is 25.4. The number of benzene rings is 1. The molecular formula is C17H24N2O5S. The van der Waals surface area contributed by atoms with Gasteiger partial charge in [0.2, 0.25) is 10.0 Å². The van der Waals surface area contributed by atoms with Gasteiger partial charge >= 0.3 is 5.97 Å². The zero-order valence-corrected chi connectivity index (χ0v) is 15.5. The lowest BCUT2D eigenvalue weighted by atomic mass is 10.1. The van der Waals surface area contributed by atoms with Crippen LogP contribution >= 0.6 is 0 Å². The van der Waals surface area contributed by atoms with Gasteiger partial charge < -0.3 is 10.0 Å². The Morgan fingerprint density at radius 3 is 2.48 bits per heavy atom. The van der Waals surface area contributed by atoms with Crippen molar-refractivity contribution in [2.45, 2.75) is 27.2 Å². The van der Waals surface area contributed by atoms with Crippen LogP contribution < -0.4 is 4.31 Å². The van der Waals surface area contributed by atoms with Crippen LogP contribution in [-0.4, -0.2) is 55.7 Å². The predicted molar refractivity (Wildman–Crippen MR) is 95.3 cm³/mol. The number of rotatable bonds is 6. The van der Waals surface area contributed by atoms with Crippen LogP contribution in [0.5, 0.6) is 0 Å². The largest absolute Gasteiger partial charge is 0.480 e. The maximum Gasteiger partial charge on any atom is 0.323 e. The van der Waals surface area contributed by atoms with E-state index in [-0.39, 0.29) is 24.1 Å². The lowest BCUT2D eigenvalue weighted by molar-refractivity contribution is -0.137. The highest BCUT2D eigenvalue weighted by Gasteiger charge is 2.29. The van der Waals surface area contributed by atoms with Crippen LogP contribution in [0.3, 0.4) is 0 Å². The summed E-state index contributed by atoms with van der Waals surface area (Å²) in [6, 6.07) is 4.86. The molecule has 1 heterocycles. The highest BCUT2D eigenvalue weighted by Crippen LogP contribution is 2.26. The summed E-state index contributed by atoms with van der Waals surface area (Å²) in [5, 5.41) is 9.04. The number of carboxylic acid groups (broad SMARTS) is 1. The molecule has 0 radical (unpaired) electrons. The average Bonchev–Trinajstić information content (AvgIpc) is 2.84. The Morgan fingerprint density at radius 1 is 1.32 bits per heavy atom. The molecule has 0 spiro atoms. The molecule has 8 heteroatoms. The van der Waals surface area contributed by atoms with Crippen molar-refractivity contribution in [1.29, 1.82) is 0 Å². The summed E-state index contributed by atoms with van der Waals surface area (Å²) >= 11 is 0. The van der Waals surface area contributed by atoms with Crippen LogP contribution in [0.25, 0.3) is 0 Å². The molecule has 1 N–H and O–H groups in total. The second kappa shape index (κ2) is 7.43. The molecular weight excluding hydrogens is 344 g/mol. The fraction of sp³-hybridized carbons (Fsp3) is 0.529. The third-order valence-electron chi connectivity index (χ3n) is 4.03. The molecule has 1 fully saturated rings. The molecule has 0 bridgehead atoms. The molecule has 25 heavy (non-hydrogen) atoms. The molecule has 0 unspecified atom stereocenters. The van der Waals surface area contributed by atoms with E-state index in [1.165, 1.54) is 9.21 Å². The Morgan fingerprint density at radius 2 is 2.00 bits per heavy atom. The SMILES string of the molecule is Cc1cc(N2CCCS2(=O)=O)ccc1C(=O)N(CC(=O)O)CC(C)C. The summed E-state index contributed by atoms with van der Waals surface area (Å²) in [4.78, 5) is 25.1. The lowest BCUT2D eigenvalue weighted by Gasteiger charge is -2.24. The highest BCUT2D eigenvalue weighted by molar-refractivity contribution is 7.93. The van der Waals surface area contributed by atoms with Crippen LogP contribution in [0.15, 0.2) is 18.2 Å². The molecule has 0 aromatic heterocycles. The molecule has 7 nitrogen and oxygen atoms in total. The van der Waals surface area contributed by atoms with Crippen molar-refractivity contribution in [1.82, 2.24) is 4.90 Å². The quantitative estimate of drug-likeness (QED) is 0.825. The second-order valence-electron chi connectivity index (χ2n) is 6.71. The summed E-state index contributed by atoms with van der Waals surface area (Å²) in [5.41, 5.74) is 1.56. The molecule has 1 saturated heterocycles. The third kappa shape index (κ3) is 4.50. The van der Waals surface area contributed by atoms with E-state index < -0.39 is 16.0 Å². The van der Waals surface area contributed by atoms with E-state index in [0.29, 0.717) is 36.3 Å². The van der Waals surface area contributed by atoms with Gasteiger partial charge in [-0.25, -0.2) is 8.42 Å². The number of hydrogen-bond donors (Lipinski definition) is 1. The first-order chi connectivity index (χ1) is 11.6. The van der Waals surface area contributed by atoms with Gasteiger partial charge in [-0.1, -0.05) is 13.8 Å². The van der Waals surface area contributed by atoms with Gasteiger partial charge in [-0.05, 0) is 43.0 Å². The summed E-state index contributed by atoms with van der Waals surface area (Å²) in [7, 11) is -3.28. The predicted octanol–water partition coefficient (Wildman–Crippen LogP) is 1.72. The smallest absolute Gasteiger partial charge is 0.323 e. The van der Waals surface area contributed by atoms with Crippen molar-refractivity contribution in [2.75, 3.05) is 29.7 Å². The van der Waals surface area contributed by atoms with Gasteiger partial charge in [-0.3, -0.25) is 13.9 Å². The summed E-state index contributed by atoms with van der Waals surface area (Å²) in [5.74, 6) is -1.15. The molecule has 138 valence electrons. The van der Waals surface area contributed by atoms with Gasteiger partial charge in [0.25, 0.3) is 5.91 Å². The van der Waals surface area contributed by atoms with E-state index in [2.05, 4.69) is 0 Å². The molecule has 1 aromatic rings. The van der Waals surface area contributed by atoms with Crippen LogP contribution in [-0.2, 0) is 14.8 Å². The van der Waals surface area contributed by atoms with E-state index in [4.69, 9.17) is 5.11 Å². The Bertz CT molecular complexity index is 773. The Balaban J connectivity index is 2.29. The Hall–Kier alpha value is -2.09. The first-order valence-corrected chi connectivity index (χ1v) is 9.85. The standard InChI is InChI=1S/C17H24N2O5S/c1-12(2)10-18(11-16(20)21)17(22)15-6-5-14(9-13(15)3)19-7-4-8-25(19,23)24/h5-6,9,12H,4,7-8,10-11H2,1-3H3,(H,20,21). The average molecular weight is 368 g/mol. The van der Waals surface area contributed by atoms with E-state index in [0.717, 1.165) is 0 Å². The second-order valence-corrected chi connectivity index (χ2v) is 8.73. The van der Waals surface area contributed by atoms with Crippen molar-refractivity contribution in [3.05, 3.63) is 29.3 Å². The Kier molecular flexibility index (Phi) is 5.72. The number of amides is 1. The van der Waals surface area contributed by atoms with Crippen molar-refractivity contribution < 1.29 is 23.1 Å². The third-order valence-corrected chi connectivity index (χ3v) is 5.90. The molecule has 1 aliphatic heterocycles. The van der Waals surface area contributed by atoms with Crippen molar-refractivity contribution in [3.8, 4) is 0 Å². The first-order valence-electron chi connectivity index (χ1n) is 8.24. The zero-order chi connectivity index (χ0) is 18.8. The molecule has 1 aromatic carbocycles. The number of carboxylic acids is 1. The molecule has 0 saturated carbocycles. The minimum Gasteiger partial charge on any atom is -0.480 e. The zero-order valence-electron chi connectivity index (χ0n) is 14.7. The fourth-order valence-electron chi connectivity index (χ4n) is 2.97. The lowest BCUT2D eigenvalue weighted by Crippen LogP contribution is -2.38. The first kappa shape index (κ1) is 19.2. The van der Waals surface area contributed by atoms with Gasteiger partial charge in [0.15, 0.2) is 0 Å². The van der Waals surface area contributed by atoms with E-state index in [1.807, 2.05) is 13.8 Å². The topological polar surface area (TPSA) is 95.0 Å². The maximum atomic E-state index is 12.7. The fourth-order valence-corrected chi connectivity index (χ4v) is 4.52. The van der Waals surface area contributed by atoms with Crippen LogP contribution in [0.2, 0.25) is 0 Å². The highest BCUT2D eigenvalue weighted by atomic mass is 32.2.